The number of carboxylic acid groups (broad SMARTS) is 1. The van der Waals surface area contributed by atoms with Crippen LogP contribution in [-0.4, -0.2) is 20.6 Å². The Kier molecular flexibility index (Phi) is 5.48. The van der Waals surface area contributed by atoms with E-state index in [1.807, 2.05) is 32.0 Å². The molecule has 0 amide bonds. The molecule has 5 heteroatoms. The third-order valence-electron chi connectivity index (χ3n) is 5.34. The van der Waals surface area contributed by atoms with Gasteiger partial charge < -0.3 is 9.67 Å². The minimum absolute atomic E-state index is 0.146. The highest BCUT2D eigenvalue weighted by Gasteiger charge is 2.22. The van der Waals surface area contributed by atoms with Gasteiger partial charge in [0.2, 0.25) is 0 Å². The van der Waals surface area contributed by atoms with Gasteiger partial charge in [-0.1, -0.05) is 43.7 Å². The number of benzene rings is 1. The van der Waals surface area contributed by atoms with Crippen molar-refractivity contribution < 1.29 is 9.90 Å². The van der Waals surface area contributed by atoms with Crippen LogP contribution in [0.2, 0.25) is 5.02 Å². The summed E-state index contributed by atoms with van der Waals surface area (Å²) in [6.45, 7) is 4.65. The highest BCUT2D eigenvalue weighted by Crippen LogP contribution is 2.31. The molecule has 1 aromatic carbocycles. The predicted molar refractivity (Wildman–Crippen MR) is 100 cm³/mol. The molecule has 25 heavy (non-hydrogen) atoms. The third kappa shape index (κ3) is 3.90. The second kappa shape index (κ2) is 7.61. The number of halogens is 1. The molecule has 134 valence electrons. The number of imidazole rings is 1. The van der Waals surface area contributed by atoms with Crippen molar-refractivity contribution in [1.29, 1.82) is 0 Å². The van der Waals surface area contributed by atoms with Crippen molar-refractivity contribution in [2.75, 3.05) is 0 Å². The molecule has 1 heterocycles. The highest BCUT2D eigenvalue weighted by molar-refractivity contribution is 6.30. The Morgan fingerprint density at radius 2 is 2.00 bits per heavy atom. The van der Waals surface area contributed by atoms with Gasteiger partial charge in [-0.2, -0.15) is 0 Å². The van der Waals surface area contributed by atoms with E-state index in [9.17, 15) is 9.90 Å². The van der Waals surface area contributed by atoms with Crippen LogP contribution in [0, 0.1) is 19.8 Å². The van der Waals surface area contributed by atoms with Gasteiger partial charge in [0.25, 0.3) is 0 Å². The van der Waals surface area contributed by atoms with Crippen molar-refractivity contribution in [3.8, 4) is 11.4 Å². The zero-order valence-corrected chi connectivity index (χ0v) is 15.6. The first-order chi connectivity index (χ1) is 12.0. The average molecular weight is 361 g/mol. The van der Waals surface area contributed by atoms with Gasteiger partial charge in [0, 0.05) is 22.8 Å². The van der Waals surface area contributed by atoms with Gasteiger partial charge >= 0.3 is 5.97 Å². The summed E-state index contributed by atoms with van der Waals surface area (Å²) < 4.78 is 2.08. The zero-order chi connectivity index (χ0) is 18.0. The molecule has 0 radical (unpaired) electrons. The molecule has 0 atom stereocenters. The number of nitrogens with zero attached hydrogens (tertiary/aromatic N) is 2. The Hall–Kier alpha value is -1.81. The van der Waals surface area contributed by atoms with Crippen LogP contribution in [0.3, 0.4) is 0 Å². The SMILES string of the molecule is Cc1cc(Cl)ccc1-c1nc(C(=O)O)c(C)n1CCC1CCCCC1. The molecule has 0 spiro atoms. The van der Waals surface area contributed by atoms with Crippen LogP contribution in [-0.2, 0) is 6.54 Å². The molecule has 1 aliphatic carbocycles. The first-order valence-corrected chi connectivity index (χ1v) is 9.42. The van der Waals surface area contributed by atoms with Gasteiger partial charge in [0.05, 0.1) is 0 Å². The molecule has 3 rings (SSSR count). The van der Waals surface area contributed by atoms with E-state index in [1.165, 1.54) is 32.1 Å². The zero-order valence-electron chi connectivity index (χ0n) is 14.9. The van der Waals surface area contributed by atoms with Crippen molar-refractivity contribution in [3.63, 3.8) is 0 Å². The van der Waals surface area contributed by atoms with Crippen molar-refractivity contribution in [2.24, 2.45) is 5.92 Å². The van der Waals surface area contributed by atoms with Gasteiger partial charge in [-0.15, -0.1) is 0 Å². The summed E-state index contributed by atoms with van der Waals surface area (Å²) in [5, 5.41) is 10.2. The first kappa shape index (κ1) is 18.0. The average Bonchev–Trinajstić information content (AvgIpc) is 2.91. The maximum atomic E-state index is 11.6. The molecule has 0 unspecified atom stereocenters. The summed E-state index contributed by atoms with van der Waals surface area (Å²) in [6.07, 6.45) is 7.63. The van der Waals surface area contributed by atoms with Gasteiger partial charge in [-0.05, 0) is 49.9 Å². The van der Waals surface area contributed by atoms with Gasteiger partial charge in [0.15, 0.2) is 5.69 Å². The Bertz CT molecular complexity index is 776. The van der Waals surface area contributed by atoms with E-state index in [0.29, 0.717) is 5.02 Å². The molecule has 1 aliphatic rings. The number of carbonyl (C=O) groups is 1. The molecule has 1 aromatic heterocycles. The van der Waals surface area contributed by atoms with E-state index in [1.54, 1.807) is 0 Å². The smallest absolute Gasteiger partial charge is 0.356 e. The van der Waals surface area contributed by atoms with E-state index in [4.69, 9.17) is 11.6 Å². The molecule has 0 saturated heterocycles. The lowest BCUT2D eigenvalue weighted by Gasteiger charge is -2.22. The van der Waals surface area contributed by atoms with Crippen LogP contribution in [0.25, 0.3) is 11.4 Å². The number of rotatable bonds is 5. The number of hydrogen-bond acceptors (Lipinski definition) is 2. The molecule has 1 N–H and O–H groups in total. The summed E-state index contributed by atoms with van der Waals surface area (Å²) in [6, 6.07) is 5.66. The molecule has 0 aliphatic heterocycles. The Morgan fingerprint density at radius 3 is 2.64 bits per heavy atom. The monoisotopic (exact) mass is 360 g/mol. The fourth-order valence-electron chi connectivity index (χ4n) is 3.88. The lowest BCUT2D eigenvalue weighted by atomic mass is 9.87. The lowest BCUT2D eigenvalue weighted by molar-refractivity contribution is 0.0690. The second-order valence-electron chi connectivity index (χ2n) is 7.08. The van der Waals surface area contributed by atoms with Gasteiger partial charge in [0.1, 0.15) is 5.82 Å². The molecular weight excluding hydrogens is 336 g/mol. The minimum Gasteiger partial charge on any atom is -0.476 e. The van der Waals surface area contributed by atoms with E-state index in [2.05, 4.69) is 9.55 Å². The number of aryl methyl sites for hydroxylation is 1. The third-order valence-corrected chi connectivity index (χ3v) is 5.57. The molecule has 1 fully saturated rings. The van der Waals surface area contributed by atoms with Gasteiger partial charge in [-0.3, -0.25) is 0 Å². The Balaban J connectivity index is 1.95. The van der Waals surface area contributed by atoms with Crippen molar-refractivity contribution in [1.82, 2.24) is 9.55 Å². The quantitative estimate of drug-likeness (QED) is 0.767. The van der Waals surface area contributed by atoms with E-state index in [0.717, 1.165) is 41.5 Å². The molecule has 4 nitrogen and oxygen atoms in total. The summed E-state index contributed by atoms with van der Waals surface area (Å²) in [4.78, 5) is 16.0. The predicted octanol–water partition coefficient (Wildman–Crippen LogP) is 5.49. The van der Waals surface area contributed by atoms with Crippen LogP contribution in [0.15, 0.2) is 18.2 Å². The highest BCUT2D eigenvalue weighted by atomic mass is 35.5. The van der Waals surface area contributed by atoms with E-state index >= 15 is 0 Å². The number of carboxylic acids is 1. The van der Waals surface area contributed by atoms with Crippen LogP contribution in [0.1, 0.15) is 60.3 Å². The number of aromatic nitrogens is 2. The topological polar surface area (TPSA) is 55.1 Å². The molecule has 1 saturated carbocycles. The van der Waals surface area contributed by atoms with Gasteiger partial charge in [-0.25, -0.2) is 9.78 Å². The molecule has 2 aromatic rings. The standard InChI is InChI=1S/C20H25ClN2O2/c1-13-12-16(21)8-9-17(13)19-22-18(20(24)25)14(2)23(19)11-10-15-6-4-3-5-7-15/h8-9,12,15H,3-7,10-11H2,1-2H3,(H,24,25). The summed E-state index contributed by atoms with van der Waals surface area (Å²) in [7, 11) is 0. The van der Waals surface area contributed by atoms with Crippen LogP contribution in [0.4, 0.5) is 0 Å². The number of aromatic carboxylic acids is 1. The van der Waals surface area contributed by atoms with Crippen LogP contribution >= 0.6 is 11.6 Å². The normalized spacial score (nSPS) is 15.5. The van der Waals surface area contributed by atoms with Crippen molar-refractivity contribution in [2.45, 2.75) is 58.9 Å². The van der Waals surface area contributed by atoms with Crippen molar-refractivity contribution >= 4 is 17.6 Å². The summed E-state index contributed by atoms with van der Waals surface area (Å²) in [5.41, 5.74) is 2.83. The number of hydrogen-bond donors (Lipinski definition) is 1. The van der Waals surface area contributed by atoms with Crippen molar-refractivity contribution in [3.05, 3.63) is 40.2 Å². The maximum absolute atomic E-state index is 11.6. The first-order valence-electron chi connectivity index (χ1n) is 9.04. The minimum atomic E-state index is -0.971. The van der Waals surface area contributed by atoms with Crippen LogP contribution < -0.4 is 0 Å². The Morgan fingerprint density at radius 1 is 1.28 bits per heavy atom. The summed E-state index contributed by atoms with van der Waals surface area (Å²) in [5.74, 6) is 0.504. The fourth-order valence-corrected chi connectivity index (χ4v) is 4.11. The molecule has 0 bridgehead atoms. The second-order valence-corrected chi connectivity index (χ2v) is 7.51. The molecular formula is C20H25ClN2O2. The van der Waals surface area contributed by atoms with Crippen LogP contribution in [0.5, 0.6) is 0 Å². The lowest BCUT2D eigenvalue weighted by Crippen LogP contribution is -2.12. The maximum Gasteiger partial charge on any atom is 0.356 e. The Labute approximate surface area is 153 Å². The largest absolute Gasteiger partial charge is 0.476 e. The van der Waals surface area contributed by atoms with E-state index in [-0.39, 0.29) is 5.69 Å². The fraction of sp³-hybridized carbons (Fsp3) is 0.500. The van der Waals surface area contributed by atoms with E-state index < -0.39 is 5.97 Å². The summed E-state index contributed by atoms with van der Waals surface area (Å²) >= 11 is 6.07.